The highest BCUT2D eigenvalue weighted by molar-refractivity contribution is 6.04. The number of anilines is 1. The molecule has 8 heteroatoms. The molecule has 0 aliphatic heterocycles. The molecule has 0 saturated heterocycles. The second-order valence-electron chi connectivity index (χ2n) is 5.62. The molecule has 1 N–H and O–H groups in total. The average molecular weight is 367 g/mol. The number of nitrogens with one attached hydrogen (secondary N) is 1. The molecule has 0 radical (unpaired) electrons. The number of benzene rings is 2. The van der Waals surface area contributed by atoms with E-state index >= 15 is 0 Å². The van der Waals surface area contributed by atoms with E-state index in [4.69, 9.17) is 4.74 Å². The Balaban J connectivity index is 1.74. The van der Waals surface area contributed by atoms with Crippen molar-refractivity contribution in [2.45, 2.75) is 6.92 Å². The second kappa shape index (κ2) is 7.61. The Labute approximate surface area is 153 Å². The number of nitro benzene ring substituents is 1. The quantitative estimate of drug-likeness (QED) is 0.530. The molecule has 0 fully saturated rings. The monoisotopic (exact) mass is 367 g/mol. The van der Waals surface area contributed by atoms with Gasteiger partial charge in [0.15, 0.2) is 0 Å². The molecule has 2 aromatic carbocycles. The van der Waals surface area contributed by atoms with Crippen molar-refractivity contribution in [2.75, 3.05) is 5.32 Å². The third-order valence-electron chi connectivity index (χ3n) is 3.77. The molecular weight excluding hydrogens is 353 g/mol. The van der Waals surface area contributed by atoms with Crippen LogP contribution in [0.1, 0.15) is 15.9 Å². The summed E-state index contributed by atoms with van der Waals surface area (Å²) in [5, 5.41) is 13.6. The Kier molecular flexibility index (Phi) is 5.07. The van der Waals surface area contributed by atoms with E-state index < -0.39 is 22.3 Å². The lowest BCUT2D eigenvalue weighted by Crippen LogP contribution is -2.13. The maximum absolute atomic E-state index is 13.9. The van der Waals surface area contributed by atoms with Crippen LogP contribution < -0.4 is 10.1 Å². The van der Waals surface area contributed by atoms with E-state index in [1.165, 1.54) is 6.92 Å². The molecule has 0 atom stereocenters. The number of hydrogen-bond acceptors (Lipinski definition) is 5. The van der Waals surface area contributed by atoms with E-state index in [-0.39, 0.29) is 11.1 Å². The normalized spacial score (nSPS) is 10.3. The molecule has 0 aliphatic rings. The van der Waals surface area contributed by atoms with Gasteiger partial charge in [0.25, 0.3) is 11.6 Å². The highest BCUT2D eigenvalue weighted by Gasteiger charge is 2.19. The molecule has 7 nitrogen and oxygen atoms in total. The molecule has 3 rings (SSSR count). The van der Waals surface area contributed by atoms with Gasteiger partial charge in [-0.2, -0.15) is 0 Å². The molecule has 27 heavy (non-hydrogen) atoms. The summed E-state index contributed by atoms with van der Waals surface area (Å²) < 4.78 is 19.5. The van der Waals surface area contributed by atoms with Crippen LogP contribution in [-0.4, -0.2) is 15.8 Å². The maximum Gasteiger partial charge on any atom is 0.276 e. The van der Waals surface area contributed by atoms with Crippen molar-refractivity contribution >= 4 is 17.3 Å². The number of nitrogens with zero attached hydrogens (tertiary/aromatic N) is 2. The fourth-order valence-corrected chi connectivity index (χ4v) is 2.34. The Morgan fingerprint density at radius 3 is 2.37 bits per heavy atom. The summed E-state index contributed by atoms with van der Waals surface area (Å²) in [6.07, 6.45) is 3.20. The SMILES string of the molecule is Cc1c(F)cc(C(=O)Nc2ccc(Oc3ccncc3)cc2)cc1[N+](=O)[O-]. The summed E-state index contributed by atoms with van der Waals surface area (Å²) in [5.41, 5.74) is -0.261. The van der Waals surface area contributed by atoms with E-state index in [1.54, 1.807) is 48.8 Å². The fraction of sp³-hybridized carbons (Fsp3) is 0.0526. The summed E-state index contributed by atoms with van der Waals surface area (Å²) in [5.74, 6) is -0.296. The zero-order valence-corrected chi connectivity index (χ0v) is 14.2. The molecular formula is C19H14FN3O4. The number of aromatic nitrogens is 1. The number of carbonyl (C=O) groups excluding carboxylic acids is 1. The lowest BCUT2D eigenvalue weighted by Gasteiger charge is -2.09. The largest absolute Gasteiger partial charge is 0.457 e. The molecule has 0 aliphatic carbocycles. The number of carbonyl (C=O) groups is 1. The van der Waals surface area contributed by atoms with Crippen molar-refractivity contribution in [3.8, 4) is 11.5 Å². The Bertz CT molecular complexity index is 992. The third-order valence-corrected chi connectivity index (χ3v) is 3.77. The van der Waals surface area contributed by atoms with Crippen LogP contribution in [0, 0.1) is 22.9 Å². The van der Waals surface area contributed by atoms with Crippen LogP contribution in [-0.2, 0) is 0 Å². The van der Waals surface area contributed by atoms with Gasteiger partial charge in [-0.1, -0.05) is 0 Å². The van der Waals surface area contributed by atoms with Gasteiger partial charge in [-0.25, -0.2) is 4.39 Å². The van der Waals surface area contributed by atoms with Gasteiger partial charge in [-0.15, -0.1) is 0 Å². The number of ether oxygens (including phenoxy) is 1. The molecule has 0 spiro atoms. The summed E-state index contributed by atoms with van der Waals surface area (Å²) in [6.45, 7) is 1.29. The van der Waals surface area contributed by atoms with Crippen molar-refractivity contribution < 1.29 is 18.8 Å². The molecule has 1 aromatic heterocycles. The summed E-state index contributed by atoms with van der Waals surface area (Å²) in [4.78, 5) is 26.4. The Morgan fingerprint density at radius 1 is 1.11 bits per heavy atom. The van der Waals surface area contributed by atoms with E-state index in [9.17, 15) is 19.3 Å². The Hall–Kier alpha value is -3.81. The minimum atomic E-state index is -0.810. The van der Waals surface area contributed by atoms with Crippen molar-refractivity contribution in [2.24, 2.45) is 0 Å². The second-order valence-corrected chi connectivity index (χ2v) is 5.62. The first-order chi connectivity index (χ1) is 12.9. The summed E-state index contributed by atoms with van der Waals surface area (Å²) in [6, 6.07) is 11.9. The predicted octanol–water partition coefficient (Wildman–Crippen LogP) is 4.48. The number of hydrogen-bond donors (Lipinski definition) is 1. The minimum Gasteiger partial charge on any atom is -0.457 e. The van der Waals surface area contributed by atoms with E-state index in [1.807, 2.05) is 0 Å². The van der Waals surface area contributed by atoms with E-state index in [0.717, 1.165) is 12.1 Å². The third kappa shape index (κ3) is 4.24. The van der Waals surface area contributed by atoms with Crippen LogP contribution in [0.5, 0.6) is 11.5 Å². The summed E-state index contributed by atoms with van der Waals surface area (Å²) in [7, 11) is 0. The molecule has 3 aromatic rings. The fourth-order valence-electron chi connectivity index (χ4n) is 2.34. The molecule has 0 unspecified atom stereocenters. The molecule has 0 saturated carbocycles. The highest BCUT2D eigenvalue weighted by Crippen LogP contribution is 2.25. The number of nitro groups is 1. The Morgan fingerprint density at radius 2 is 1.74 bits per heavy atom. The van der Waals surface area contributed by atoms with Crippen molar-refractivity contribution in [3.05, 3.63) is 88.0 Å². The lowest BCUT2D eigenvalue weighted by atomic mass is 10.1. The molecule has 0 bridgehead atoms. The zero-order valence-electron chi connectivity index (χ0n) is 14.2. The number of halogens is 1. The van der Waals surface area contributed by atoms with Gasteiger partial charge in [-0.05, 0) is 49.4 Å². The van der Waals surface area contributed by atoms with Crippen LogP contribution >= 0.6 is 0 Å². The van der Waals surface area contributed by atoms with Gasteiger partial charge in [0.05, 0.1) is 10.5 Å². The van der Waals surface area contributed by atoms with Gasteiger partial charge in [0.2, 0.25) is 0 Å². The number of amides is 1. The van der Waals surface area contributed by atoms with Gasteiger partial charge in [-0.3, -0.25) is 19.9 Å². The molecule has 1 heterocycles. The van der Waals surface area contributed by atoms with Gasteiger partial charge >= 0.3 is 0 Å². The summed E-state index contributed by atoms with van der Waals surface area (Å²) >= 11 is 0. The van der Waals surface area contributed by atoms with Crippen molar-refractivity contribution in [3.63, 3.8) is 0 Å². The number of pyridine rings is 1. The predicted molar refractivity (Wildman–Crippen MR) is 96.5 cm³/mol. The van der Waals surface area contributed by atoms with Crippen LogP contribution in [0.4, 0.5) is 15.8 Å². The zero-order chi connectivity index (χ0) is 19.4. The van der Waals surface area contributed by atoms with Crippen LogP contribution in [0.2, 0.25) is 0 Å². The van der Waals surface area contributed by atoms with Crippen LogP contribution in [0.25, 0.3) is 0 Å². The van der Waals surface area contributed by atoms with Gasteiger partial charge in [0, 0.05) is 29.7 Å². The maximum atomic E-state index is 13.9. The smallest absolute Gasteiger partial charge is 0.276 e. The standard InChI is InChI=1S/C19H14FN3O4/c1-12-17(20)10-13(11-18(12)23(25)26)19(24)22-14-2-4-15(5-3-14)27-16-6-8-21-9-7-16/h2-11H,1H3,(H,22,24). The average Bonchev–Trinajstić information content (AvgIpc) is 2.66. The van der Waals surface area contributed by atoms with Gasteiger partial charge in [0.1, 0.15) is 17.3 Å². The first-order valence-corrected chi connectivity index (χ1v) is 7.88. The highest BCUT2D eigenvalue weighted by atomic mass is 19.1. The topological polar surface area (TPSA) is 94.4 Å². The first-order valence-electron chi connectivity index (χ1n) is 7.88. The van der Waals surface area contributed by atoms with E-state index in [0.29, 0.717) is 17.2 Å². The molecule has 136 valence electrons. The minimum absolute atomic E-state index is 0.117. The van der Waals surface area contributed by atoms with E-state index in [2.05, 4.69) is 10.3 Å². The first kappa shape index (κ1) is 18.0. The lowest BCUT2D eigenvalue weighted by molar-refractivity contribution is -0.385. The van der Waals surface area contributed by atoms with Crippen LogP contribution in [0.15, 0.2) is 60.9 Å². The van der Waals surface area contributed by atoms with Gasteiger partial charge < -0.3 is 10.1 Å². The van der Waals surface area contributed by atoms with Crippen LogP contribution in [0.3, 0.4) is 0 Å². The van der Waals surface area contributed by atoms with Crippen molar-refractivity contribution in [1.29, 1.82) is 0 Å². The molecule has 1 amide bonds. The van der Waals surface area contributed by atoms with Crippen molar-refractivity contribution in [1.82, 2.24) is 4.98 Å². The number of rotatable bonds is 5.